The Labute approximate surface area is 125 Å². The van der Waals surface area contributed by atoms with Crippen LogP contribution in [0.2, 0.25) is 0 Å². The quantitative estimate of drug-likeness (QED) is 0.940. The van der Waals surface area contributed by atoms with Crippen molar-refractivity contribution >= 4 is 5.91 Å². The van der Waals surface area contributed by atoms with E-state index < -0.39 is 0 Å². The molecule has 112 valence electrons. The van der Waals surface area contributed by atoms with Crippen LogP contribution in [0.3, 0.4) is 0 Å². The molecule has 0 saturated carbocycles. The van der Waals surface area contributed by atoms with Crippen molar-refractivity contribution in [1.29, 1.82) is 0 Å². The number of nitrogens with one attached hydrogen (secondary N) is 1. The lowest BCUT2D eigenvalue weighted by atomic mass is 9.96. The number of carbonyl (C=O) groups excluding carboxylic acids is 1. The fraction of sp³-hybridized carbons (Fsp3) is 0.438. The van der Waals surface area contributed by atoms with Crippen molar-refractivity contribution in [3.05, 3.63) is 47.5 Å². The van der Waals surface area contributed by atoms with E-state index >= 15 is 0 Å². The van der Waals surface area contributed by atoms with Gasteiger partial charge in [-0.2, -0.15) is 0 Å². The Bertz CT molecular complexity index is 598. The molecule has 0 radical (unpaired) electrons. The first-order valence-corrected chi connectivity index (χ1v) is 7.18. The second kappa shape index (κ2) is 6.08. The van der Waals surface area contributed by atoms with Gasteiger partial charge in [0.05, 0.1) is 0 Å². The summed E-state index contributed by atoms with van der Waals surface area (Å²) in [5.74, 6) is 0.812. The first kappa shape index (κ1) is 15.2. The van der Waals surface area contributed by atoms with Gasteiger partial charge in [0.15, 0.2) is 0 Å². The summed E-state index contributed by atoms with van der Waals surface area (Å²) in [6, 6.07) is 9.92. The molecule has 1 N–H and O–H groups in total. The van der Waals surface area contributed by atoms with Crippen molar-refractivity contribution in [1.82, 2.24) is 20.1 Å². The summed E-state index contributed by atoms with van der Waals surface area (Å²) in [7, 11) is 0. The summed E-state index contributed by atoms with van der Waals surface area (Å²) < 4.78 is 0. The molecule has 21 heavy (non-hydrogen) atoms. The first-order valence-electron chi connectivity index (χ1n) is 7.18. The van der Waals surface area contributed by atoms with E-state index in [4.69, 9.17) is 0 Å². The van der Waals surface area contributed by atoms with Gasteiger partial charge in [0.2, 0.25) is 5.82 Å². The zero-order valence-electron chi connectivity index (χ0n) is 13.1. The topological polar surface area (TPSA) is 61.9 Å². The second-order valence-electron chi connectivity index (χ2n) is 6.06. The molecule has 5 nitrogen and oxygen atoms in total. The van der Waals surface area contributed by atoms with Crippen LogP contribution in [0.1, 0.15) is 49.7 Å². The molecule has 0 aliphatic heterocycles. The van der Waals surface area contributed by atoms with Crippen LogP contribution in [-0.2, 0) is 12.0 Å². The van der Waals surface area contributed by atoms with Gasteiger partial charge in [0, 0.05) is 18.5 Å². The third kappa shape index (κ3) is 3.68. The van der Waals surface area contributed by atoms with Crippen LogP contribution < -0.4 is 0 Å². The van der Waals surface area contributed by atoms with Crippen LogP contribution >= 0.6 is 0 Å². The first-order chi connectivity index (χ1) is 9.91. The number of aromatic amines is 1. The number of hydrogen-bond donors (Lipinski definition) is 1. The highest BCUT2D eigenvalue weighted by Gasteiger charge is 2.23. The zero-order valence-corrected chi connectivity index (χ0v) is 13.1. The number of hydrogen-bond acceptors (Lipinski definition) is 3. The molecule has 0 aliphatic rings. The van der Waals surface area contributed by atoms with Gasteiger partial charge >= 0.3 is 0 Å². The van der Waals surface area contributed by atoms with Crippen LogP contribution in [0.15, 0.2) is 30.3 Å². The molecular formula is C16H22N4O. The van der Waals surface area contributed by atoms with Gasteiger partial charge in [-0.3, -0.25) is 9.89 Å². The highest BCUT2D eigenvalue weighted by Crippen LogP contribution is 2.18. The van der Waals surface area contributed by atoms with Gasteiger partial charge in [-0.1, -0.05) is 51.1 Å². The fourth-order valence-electron chi connectivity index (χ4n) is 1.97. The van der Waals surface area contributed by atoms with Gasteiger partial charge in [0.25, 0.3) is 5.91 Å². The molecule has 2 aromatic rings. The smallest absolute Gasteiger partial charge is 0.293 e. The highest BCUT2D eigenvalue weighted by molar-refractivity contribution is 5.90. The van der Waals surface area contributed by atoms with Gasteiger partial charge in [-0.15, -0.1) is 5.10 Å². The van der Waals surface area contributed by atoms with Gasteiger partial charge in [0.1, 0.15) is 5.82 Å². The molecule has 2 rings (SSSR count). The van der Waals surface area contributed by atoms with E-state index in [1.165, 1.54) is 0 Å². The van der Waals surface area contributed by atoms with E-state index in [2.05, 4.69) is 15.2 Å². The lowest BCUT2D eigenvalue weighted by Crippen LogP contribution is -2.31. The molecular weight excluding hydrogens is 264 g/mol. The average Bonchev–Trinajstić information content (AvgIpc) is 2.95. The molecule has 0 spiro atoms. The Morgan fingerprint density at radius 3 is 2.43 bits per heavy atom. The summed E-state index contributed by atoms with van der Waals surface area (Å²) in [4.78, 5) is 18.6. The Kier molecular flexibility index (Phi) is 4.40. The van der Waals surface area contributed by atoms with E-state index in [9.17, 15) is 4.79 Å². The van der Waals surface area contributed by atoms with Gasteiger partial charge < -0.3 is 4.90 Å². The summed E-state index contributed by atoms with van der Waals surface area (Å²) in [6.45, 7) is 9.23. The summed E-state index contributed by atoms with van der Waals surface area (Å²) >= 11 is 0. The number of benzene rings is 1. The Morgan fingerprint density at radius 2 is 1.90 bits per heavy atom. The molecule has 0 saturated heterocycles. The van der Waals surface area contributed by atoms with E-state index in [1.54, 1.807) is 4.90 Å². The highest BCUT2D eigenvalue weighted by atomic mass is 16.2. The number of aromatic nitrogens is 3. The number of rotatable bonds is 4. The van der Waals surface area contributed by atoms with Crippen LogP contribution in [0, 0.1) is 0 Å². The van der Waals surface area contributed by atoms with Gasteiger partial charge in [-0.25, -0.2) is 4.98 Å². The predicted molar refractivity (Wildman–Crippen MR) is 81.9 cm³/mol. The second-order valence-corrected chi connectivity index (χ2v) is 6.06. The Hall–Kier alpha value is -2.17. The average molecular weight is 286 g/mol. The minimum Gasteiger partial charge on any atom is -0.332 e. The Morgan fingerprint density at radius 1 is 1.24 bits per heavy atom. The molecule has 0 unspecified atom stereocenters. The van der Waals surface area contributed by atoms with Crippen molar-refractivity contribution in [2.24, 2.45) is 0 Å². The summed E-state index contributed by atoms with van der Waals surface area (Å²) in [5, 5.41) is 6.93. The molecule has 0 fully saturated rings. The standard InChI is InChI=1S/C16H22N4O/c1-5-20(11-12-9-7-6-8-10-12)14(21)13-17-15(19-18-13)16(2,3)4/h6-10H,5,11H2,1-4H3,(H,17,18,19). The maximum atomic E-state index is 12.5. The molecule has 0 aliphatic carbocycles. The van der Waals surface area contributed by atoms with E-state index in [0.717, 1.165) is 11.4 Å². The Balaban J connectivity index is 2.15. The largest absolute Gasteiger partial charge is 0.332 e. The lowest BCUT2D eigenvalue weighted by molar-refractivity contribution is 0.0740. The van der Waals surface area contributed by atoms with Crippen molar-refractivity contribution in [2.45, 2.75) is 39.7 Å². The predicted octanol–water partition coefficient (Wildman–Crippen LogP) is 2.76. The molecule has 0 atom stereocenters. The molecule has 1 aromatic heterocycles. The van der Waals surface area contributed by atoms with Gasteiger partial charge in [-0.05, 0) is 12.5 Å². The number of nitrogens with zero attached hydrogens (tertiary/aromatic N) is 3. The maximum absolute atomic E-state index is 12.5. The van der Waals surface area contributed by atoms with Crippen LogP contribution in [0.5, 0.6) is 0 Å². The summed E-state index contributed by atoms with van der Waals surface area (Å²) in [5.41, 5.74) is 0.946. The third-order valence-corrected chi connectivity index (χ3v) is 3.27. The number of carbonyl (C=O) groups is 1. The summed E-state index contributed by atoms with van der Waals surface area (Å²) in [6.07, 6.45) is 0. The SMILES string of the molecule is CCN(Cc1ccccc1)C(=O)c1n[nH]c(C(C)(C)C)n1. The molecule has 1 amide bonds. The normalized spacial score (nSPS) is 11.4. The maximum Gasteiger partial charge on any atom is 0.293 e. The minimum atomic E-state index is -0.151. The molecule has 1 aromatic carbocycles. The van der Waals surface area contributed by atoms with Crippen LogP contribution in [0.25, 0.3) is 0 Å². The molecule has 5 heteroatoms. The van der Waals surface area contributed by atoms with Crippen molar-refractivity contribution in [3.8, 4) is 0 Å². The van der Waals surface area contributed by atoms with Crippen LogP contribution in [0.4, 0.5) is 0 Å². The van der Waals surface area contributed by atoms with Crippen LogP contribution in [-0.4, -0.2) is 32.5 Å². The van der Waals surface area contributed by atoms with Crippen molar-refractivity contribution in [3.63, 3.8) is 0 Å². The van der Waals surface area contributed by atoms with E-state index in [-0.39, 0.29) is 17.1 Å². The fourth-order valence-corrected chi connectivity index (χ4v) is 1.97. The number of amides is 1. The van der Waals surface area contributed by atoms with Crippen molar-refractivity contribution in [2.75, 3.05) is 6.54 Å². The van der Waals surface area contributed by atoms with Crippen molar-refractivity contribution < 1.29 is 4.79 Å². The van der Waals surface area contributed by atoms with E-state index in [1.807, 2.05) is 58.0 Å². The minimum absolute atomic E-state index is 0.145. The zero-order chi connectivity index (χ0) is 15.5. The third-order valence-electron chi connectivity index (χ3n) is 3.27. The van der Waals surface area contributed by atoms with E-state index in [0.29, 0.717) is 13.1 Å². The molecule has 0 bridgehead atoms. The lowest BCUT2D eigenvalue weighted by Gasteiger charge is -2.19. The monoisotopic (exact) mass is 286 g/mol. The molecule has 1 heterocycles. The number of H-pyrrole nitrogens is 1.